The molecule has 3 nitrogen and oxygen atoms in total. The summed E-state index contributed by atoms with van der Waals surface area (Å²) in [6, 6.07) is 11.0. The second-order valence-electron chi connectivity index (χ2n) is 6.35. The van der Waals surface area contributed by atoms with Gasteiger partial charge in [-0.2, -0.15) is 0 Å². The number of hydrogen-bond donors (Lipinski definition) is 1. The molecular formula is C18H25N3. The molecule has 1 N–H and O–H groups in total. The lowest BCUT2D eigenvalue weighted by Crippen LogP contribution is -2.51. The van der Waals surface area contributed by atoms with Crippen LogP contribution in [0.4, 0.5) is 0 Å². The second kappa shape index (κ2) is 5.74. The van der Waals surface area contributed by atoms with Crippen LogP contribution in [-0.4, -0.2) is 36.6 Å². The van der Waals surface area contributed by atoms with Crippen molar-refractivity contribution in [3.05, 3.63) is 42.1 Å². The van der Waals surface area contributed by atoms with Gasteiger partial charge in [0.1, 0.15) is 0 Å². The Morgan fingerprint density at radius 3 is 2.52 bits per heavy atom. The van der Waals surface area contributed by atoms with Crippen molar-refractivity contribution < 1.29 is 0 Å². The molecule has 2 aromatic rings. The van der Waals surface area contributed by atoms with Crippen molar-refractivity contribution in [2.24, 2.45) is 0 Å². The van der Waals surface area contributed by atoms with Gasteiger partial charge in [-0.3, -0.25) is 4.98 Å². The maximum atomic E-state index is 4.65. The first-order chi connectivity index (χ1) is 10.2. The molecule has 3 heteroatoms. The van der Waals surface area contributed by atoms with Crippen LogP contribution in [-0.2, 0) is 0 Å². The fourth-order valence-corrected chi connectivity index (χ4v) is 4.06. The number of fused-ring (bicyclic) bond motifs is 1. The van der Waals surface area contributed by atoms with Gasteiger partial charge in [-0.25, -0.2) is 0 Å². The van der Waals surface area contributed by atoms with Gasteiger partial charge in [-0.15, -0.1) is 0 Å². The van der Waals surface area contributed by atoms with Crippen LogP contribution in [0.1, 0.15) is 37.3 Å². The smallest absolute Gasteiger partial charge is 0.0750 e. The van der Waals surface area contributed by atoms with E-state index in [4.69, 9.17) is 0 Å². The van der Waals surface area contributed by atoms with Crippen molar-refractivity contribution in [2.45, 2.75) is 37.3 Å². The summed E-state index contributed by atoms with van der Waals surface area (Å²) in [4.78, 5) is 7.07. The second-order valence-corrected chi connectivity index (χ2v) is 6.35. The molecule has 1 saturated carbocycles. The summed E-state index contributed by atoms with van der Waals surface area (Å²) in [6.07, 6.45) is 7.02. The first kappa shape index (κ1) is 14.5. The van der Waals surface area contributed by atoms with E-state index in [9.17, 15) is 0 Å². The Labute approximate surface area is 127 Å². The molecule has 0 spiro atoms. The van der Waals surface area contributed by atoms with Crippen LogP contribution < -0.4 is 5.32 Å². The van der Waals surface area contributed by atoms with Gasteiger partial charge in [0.05, 0.1) is 11.6 Å². The van der Waals surface area contributed by atoms with Crippen LogP contribution in [0.2, 0.25) is 0 Å². The van der Waals surface area contributed by atoms with Crippen molar-refractivity contribution in [1.29, 1.82) is 0 Å². The highest BCUT2D eigenvalue weighted by Gasteiger charge is 2.43. The zero-order valence-corrected chi connectivity index (χ0v) is 13.3. The average molecular weight is 283 g/mol. The van der Waals surface area contributed by atoms with Gasteiger partial charge in [0, 0.05) is 17.1 Å². The summed E-state index contributed by atoms with van der Waals surface area (Å²) in [5.41, 5.74) is 2.65. The van der Waals surface area contributed by atoms with E-state index in [1.807, 2.05) is 12.3 Å². The summed E-state index contributed by atoms with van der Waals surface area (Å²) in [6.45, 7) is 0. The number of hydrogen-bond acceptors (Lipinski definition) is 3. The number of pyridine rings is 1. The van der Waals surface area contributed by atoms with Crippen LogP contribution in [0.3, 0.4) is 0 Å². The molecule has 1 heterocycles. The maximum Gasteiger partial charge on any atom is 0.0750 e. The predicted molar refractivity (Wildman–Crippen MR) is 88.4 cm³/mol. The lowest BCUT2D eigenvalue weighted by Gasteiger charge is -2.43. The van der Waals surface area contributed by atoms with Gasteiger partial charge in [-0.05, 0) is 45.6 Å². The number of likely N-dealkylation sites (N-methyl/N-ethyl adjacent to an activating group) is 2. The van der Waals surface area contributed by atoms with Crippen LogP contribution in [0.15, 0.2) is 36.5 Å². The molecule has 0 bridgehead atoms. The molecule has 1 fully saturated rings. The number of rotatable bonds is 4. The number of para-hydroxylation sites is 1. The van der Waals surface area contributed by atoms with E-state index in [2.05, 4.69) is 60.6 Å². The van der Waals surface area contributed by atoms with E-state index in [0.29, 0.717) is 6.04 Å². The minimum Gasteiger partial charge on any atom is -0.311 e. The Bertz CT molecular complexity index is 609. The van der Waals surface area contributed by atoms with E-state index in [1.54, 1.807) is 0 Å². The third kappa shape index (κ3) is 2.34. The van der Waals surface area contributed by atoms with Crippen molar-refractivity contribution in [3.8, 4) is 0 Å². The summed E-state index contributed by atoms with van der Waals surface area (Å²) in [5, 5.41) is 4.82. The van der Waals surface area contributed by atoms with E-state index in [1.165, 1.54) is 36.6 Å². The molecule has 0 radical (unpaired) electrons. The van der Waals surface area contributed by atoms with Gasteiger partial charge in [0.15, 0.2) is 0 Å². The molecule has 1 unspecified atom stereocenters. The average Bonchev–Trinajstić information content (AvgIpc) is 2.99. The SMILES string of the molecule is CNC(c1cccc2cccnc12)C1(N(C)C)CCCC1. The fraction of sp³-hybridized carbons (Fsp3) is 0.500. The highest BCUT2D eigenvalue weighted by atomic mass is 15.2. The minimum absolute atomic E-state index is 0.195. The van der Waals surface area contributed by atoms with Gasteiger partial charge in [0.25, 0.3) is 0 Å². The van der Waals surface area contributed by atoms with E-state index < -0.39 is 0 Å². The lowest BCUT2D eigenvalue weighted by atomic mass is 9.81. The molecule has 0 aliphatic heterocycles. The van der Waals surface area contributed by atoms with Crippen LogP contribution >= 0.6 is 0 Å². The standard InChI is InChI=1S/C18H25N3/c1-19-17(18(21(2)3)11-4-5-12-18)15-10-6-8-14-9-7-13-20-16(14)15/h6-10,13,17,19H,4-5,11-12H2,1-3H3. The Morgan fingerprint density at radius 1 is 1.14 bits per heavy atom. The zero-order valence-electron chi connectivity index (χ0n) is 13.3. The summed E-state index contributed by atoms with van der Waals surface area (Å²) < 4.78 is 0. The number of nitrogens with one attached hydrogen (secondary N) is 1. The number of nitrogens with zero attached hydrogens (tertiary/aromatic N) is 2. The van der Waals surface area contributed by atoms with Gasteiger partial charge < -0.3 is 10.2 Å². The fourth-order valence-electron chi connectivity index (χ4n) is 4.06. The highest BCUT2D eigenvalue weighted by Crippen LogP contribution is 2.44. The first-order valence-corrected chi connectivity index (χ1v) is 7.87. The summed E-state index contributed by atoms with van der Waals surface area (Å²) >= 11 is 0. The molecule has 3 rings (SSSR count). The zero-order chi connectivity index (χ0) is 14.9. The van der Waals surface area contributed by atoms with Crippen LogP contribution in [0.25, 0.3) is 10.9 Å². The first-order valence-electron chi connectivity index (χ1n) is 7.87. The molecule has 1 aromatic carbocycles. The largest absolute Gasteiger partial charge is 0.311 e. The van der Waals surface area contributed by atoms with Crippen molar-refractivity contribution in [1.82, 2.24) is 15.2 Å². The molecule has 1 aliphatic carbocycles. The predicted octanol–water partition coefficient (Wildman–Crippen LogP) is 3.37. The quantitative estimate of drug-likeness (QED) is 0.932. The molecule has 1 aliphatic rings. The topological polar surface area (TPSA) is 28.2 Å². The van der Waals surface area contributed by atoms with E-state index in [0.717, 1.165) is 5.52 Å². The van der Waals surface area contributed by atoms with E-state index >= 15 is 0 Å². The van der Waals surface area contributed by atoms with Gasteiger partial charge in [0.2, 0.25) is 0 Å². The number of benzene rings is 1. The van der Waals surface area contributed by atoms with Crippen molar-refractivity contribution >= 4 is 10.9 Å². The lowest BCUT2D eigenvalue weighted by molar-refractivity contribution is 0.109. The molecule has 21 heavy (non-hydrogen) atoms. The van der Waals surface area contributed by atoms with Crippen LogP contribution in [0.5, 0.6) is 0 Å². The summed E-state index contributed by atoms with van der Waals surface area (Å²) in [7, 11) is 6.51. The maximum absolute atomic E-state index is 4.65. The summed E-state index contributed by atoms with van der Waals surface area (Å²) in [5.74, 6) is 0. The molecule has 0 saturated heterocycles. The Morgan fingerprint density at radius 2 is 1.86 bits per heavy atom. The Hall–Kier alpha value is -1.45. The Kier molecular flexibility index (Phi) is 3.96. The monoisotopic (exact) mass is 283 g/mol. The van der Waals surface area contributed by atoms with Crippen molar-refractivity contribution in [3.63, 3.8) is 0 Å². The third-order valence-corrected chi connectivity index (χ3v) is 5.16. The van der Waals surface area contributed by atoms with Crippen LogP contribution in [0, 0.1) is 0 Å². The highest BCUT2D eigenvalue weighted by molar-refractivity contribution is 5.82. The molecule has 1 aromatic heterocycles. The van der Waals surface area contributed by atoms with Gasteiger partial charge >= 0.3 is 0 Å². The molecule has 1 atom stereocenters. The van der Waals surface area contributed by atoms with Gasteiger partial charge in [-0.1, -0.05) is 37.1 Å². The number of aromatic nitrogens is 1. The van der Waals surface area contributed by atoms with Crippen molar-refractivity contribution in [2.75, 3.05) is 21.1 Å². The third-order valence-electron chi connectivity index (χ3n) is 5.16. The minimum atomic E-state index is 0.195. The Balaban J connectivity index is 2.14. The molecule has 0 amide bonds. The molecule has 112 valence electrons. The normalized spacial score (nSPS) is 19.2. The molecular weight excluding hydrogens is 258 g/mol. The van der Waals surface area contributed by atoms with E-state index in [-0.39, 0.29) is 5.54 Å².